The fraction of sp³-hybridized carbons (Fsp3) is 0.667. The van der Waals surface area contributed by atoms with E-state index >= 15 is 0 Å². The third-order valence-electron chi connectivity index (χ3n) is 3.00. The van der Waals surface area contributed by atoms with E-state index in [4.69, 9.17) is 0 Å². The molecule has 0 spiro atoms. The third-order valence-corrected chi connectivity index (χ3v) is 3.00. The minimum absolute atomic E-state index is 0.436. The number of aryl methyl sites for hydroxylation is 1. The number of rotatable bonds is 3. The highest BCUT2D eigenvalue weighted by Crippen LogP contribution is 2.29. The van der Waals surface area contributed by atoms with Crippen LogP contribution < -0.4 is 5.32 Å². The number of carbonyl (C=O) groups is 1. The van der Waals surface area contributed by atoms with E-state index in [1.807, 2.05) is 0 Å². The topological polar surface area (TPSA) is 80.0 Å². The first-order valence-corrected chi connectivity index (χ1v) is 4.91. The summed E-state index contributed by atoms with van der Waals surface area (Å²) < 4.78 is 1.63. The molecule has 1 fully saturated rings. The van der Waals surface area contributed by atoms with Crippen molar-refractivity contribution in [2.24, 2.45) is 12.5 Å². The van der Waals surface area contributed by atoms with Gasteiger partial charge in [-0.05, 0) is 13.0 Å². The van der Waals surface area contributed by atoms with E-state index in [-0.39, 0.29) is 0 Å². The molecule has 82 valence electrons. The van der Waals surface area contributed by atoms with Crippen molar-refractivity contribution in [2.45, 2.75) is 12.8 Å². The van der Waals surface area contributed by atoms with Crippen LogP contribution in [0.5, 0.6) is 0 Å². The second-order valence-corrected chi connectivity index (χ2v) is 3.99. The zero-order valence-corrected chi connectivity index (χ0v) is 8.60. The van der Waals surface area contributed by atoms with E-state index in [0.29, 0.717) is 19.4 Å². The van der Waals surface area contributed by atoms with Gasteiger partial charge in [-0.25, -0.2) is 4.98 Å². The summed E-state index contributed by atoms with van der Waals surface area (Å²) in [5.41, 5.74) is -0.708. The van der Waals surface area contributed by atoms with Gasteiger partial charge in [0.15, 0.2) is 0 Å². The molecule has 2 rings (SSSR count). The minimum atomic E-state index is -0.754. The zero-order valence-electron chi connectivity index (χ0n) is 8.60. The highest BCUT2D eigenvalue weighted by atomic mass is 16.4. The maximum Gasteiger partial charge on any atom is 0.311 e. The van der Waals surface area contributed by atoms with E-state index in [2.05, 4.69) is 15.4 Å². The number of aromatic nitrogens is 3. The van der Waals surface area contributed by atoms with Gasteiger partial charge in [-0.1, -0.05) is 0 Å². The maximum atomic E-state index is 11.3. The molecule has 1 unspecified atom stereocenters. The summed E-state index contributed by atoms with van der Waals surface area (Å²) >= 11 is 0. The van der Waals surface area contributed by atoms with Gasteiger partial charge in [0, 0.05) is 20.0 Å². The standard InChI is InChI=1S/C9H14N4O2/c1-13-7(11-6-12-13)4-9(8(14)15)2-3-10-5-9/h6,10H,2-5H2,1H3,(H,14,15). The van der Waals surface area contributed by atoms with Crippen molar-refractivity contribution >= 4 is 5.97 Å². The molecule has 2 heterocycles. The van der Waals surface area contributed by atoms with Gasteiger partial charge < -0.3 is 10.4 Å². The van der Waals surface area contributed by atoms with Crippen molar-refractivity contribution in [3.63, 3.8) is 0 Å². The smallest absolute Gasteiger partial charge is 0.311 e. The Morgan fingerprint density at radius 2 is 2.60 bits per heavy atom. The fourth-order valence-corrected chi connectivity index (χ4v) is 1.94. The van der Waals surface area contributed by atoms with Crippen molar-refractivity contribution in [1.82, 2.24) is 20.1 Å². The van der Waals surface area contributed by atoms with E-state index in [1.54, 1.807) is 11.7 Å². The van der Waals surface area contributed by atoms with Crippen LogP contribution in [0.4, 0.5) is 0 Å². The molecule has 1 aromatic heterocycles. The van der Waals surface area contributed by atoms with E-state index in [0.717, 1.165) is 12.4 Å². The number of carboxylic acids is 1. The summed E-state index contributed by atoms with van der Waals surface area (Å²) in [5.74, 6) is -0.0309. The molecule has 0 bridgehead atoms. The molecule has 0 saturated carbocycles. The molecule has 6 nitrogen and oxygen atoms in total. The van der Waals surface area contributed by atoms with Crippen molar-refractivity contribution < 1.29 is 9.90 Å². The lowest BCUT2D eigenvalue weighted by molar-refractivity contribution is -0.147. The van der Waals surface area contributed by atoms with Crippen LogP contribution in [0, 0.1) is 5.41 Å². The first-order chi connectivity index (χ1) is 7.14. The van der Waals surface area contributed by atoms with Gasteiger partial charge in [0.25, 0.3) is 0 Å². The van der Waals surface area contributed by atoms with Gasteiger partial charge in [-0.15, -0.1) is 0 Å². The van der Waals surface area contributed by atoms with Gasteiger partial charge >= 0.3 is 5.97 Å². The molecule has 1 saturated heterocycles. The number of hydrogen-bond acceptors (Lipinski definition) is 4. The highest BCUT2D eigenvalue weighted by Gasteiger charge is 2.42. The van der Waals surface area contributed by atoms with E-state index < -0.39 is 11.4 Å². The number of nitrogens with one attached hydrogen (secondary N) is 1. The Morgan fingerprint density at radius 1 is 1.80 bits per heavy atom. The molecule has 6 heteroatoms. The molecule has 0 aliphatic carbocycles. The van der Waals surface area contributed by atoms with Crippen LogP contribution in [0.25, 0.3) is 0 Å². The van der Waals surface area contributed by atoms with Gasteiger partial charge in [-0.2, -0.15) is 5.10 Å². The number of nitrogens with zero attached hydrogens (tertiary/aromatic N) is 3. The fourth-order valence-electron chi connectivity index (χ4n) is 1.94. The van der Waals surface area contributed by atoms with Crippen LogP contribution in [-0.2, 0) is 18.3 Å². The Balaban J connectivity index is 2.21. The summed E-state index contributed by atoms with van der Waals surface area (Å²) in [6.07, 6.45) is 2.54. The largest absolute Gasteiger partial charge is 0.481 e. The van der Waals surface area contributed by atoms with Crippen LogP contribution in [0.15, 0.2) is 6.33 Å². The van der Waals surface area contributed by atoms with Crippen LogP contribution in [0.2, 0.25) is 0 Å². The summed E-state index contributed by atoms with van der Waals surface area (Å²) in [6.45, 7) is 1.26. The lowest BCUT2D eigenvalue weighted by Gasteiger charge is -2.21. The van der Waals surface area contributed by atoms with Crippen molar-refractivity contribution in [2.75, 3.05) is 13.1 Å². The van der Waals surface area contributed by atoms with E-state index in [1.165, 1.54) is 6.33 Å². The molecule has 1 aromatic rings. The Bertz CT molecular complexity index is 368. The van der Waals surface area contributed by atoms with Gasteiger partial charge in [-0.3, -0.25) is 9.48 Å². The predicted octanol–water partition coefficient (Wildman–Crippen LogP) is -0.578. The lowest BCUT2D eigenvalue weighted by atomic mass is 9.83. The second-order valence-electron chi connectivity index (χ2n) is 3.99. The zero-order chi connectivity index (χ0) is 10.9. The van der Waals surface area contributed by atoms with Crippen LogP contribution >= 0.6 is 0 Å². The van der Waals surface area contributed by atoms with Crippen LogP contribution in [0.3, 0.4) is 0 Å². The molecule has 0 amide bonds. The Kier molecular flexibility index (Phi) is 2.44. The monoisotopic (exact) mass is 210 g/mol. The van der Waals surface area contributed by atoms with E-state index in [9.17, 15) is 9.90 Å². The Morgan fingerprint density at radius 3 is 3.07 bits per heavy atom. The quantitative estimate of drug-likeness (QED) is 0.698. The molecule has 1 aliphatic rings. The predicted molar refractivity (Wildman–Crippen MR) is 52.3 cm³/mol. The maximum absolute atomic E-state index is 11.3. The number of aliphatic carboxylic acids is 1. The normalized spacial score (nSPS) is 25.7. The van der Waals surface area contributed by atoms with Crippen LogP contribution in [0.1, 0.15) is 12.2 Å². The van der Waals surface area contributed by atoms with Crippen molar-refractivity contribution in [3.05, 3.63) is 12.2 Å². The summed E-state index contributed by atoms with van der Waals surface area (Å²) in [6, 6.07) is 0. The molecular formula is C9H14N4O2. The Labute approximate surface area is 87.3 Å². The number of carboxylic acid groups (broad SMARTS) is 1. The molecule has 0 radical (unpaired) electrons. The lowest BCUT2D eigenvalue weighted by Crippen LogP contribution is -2.36. The molecule has 2 N–H and O–H groups in total. The first kappa shape index (κ1) is 10.1. The van der Waals surface area contributed by atoms with Crippen molar-refractivity contribution in [3.8, 4) is 0 Å². The van der Waals surface area contributed by atoms with Gasteiger partial charge in [0.2, 0.25) is 0 Å². The molecular weight excluding hydrogens is 196 g/mol. The number of hydrogen-bond donors (Lipinski definition) is 2. The minimum Gasteiger partial charge on any atom is -0.481 e. The summed E-state index contributed by atoms with van der Waals surface area (Å²) in [4.78, 5) is 15.3. The first-order valence-electron chi connectivity index (χ1n) is 4.91. The summed E-state index contributed by atoms with van der Waals surface area (Å²) in [7, 11) is 1.78. The molecule has 15 heavy (non-hydrogen) atoms. The summed E-state index contributed by atoms with van der Waals surface area (Å²) in [5, 5.41) is 16.3. The Hall–Kier alpha value is -1.43. The SMILES string of the molecule is Cn1ncnc1CC1(C(=O)O)CCNC1. The molecule has 1 aliphatic heterocycles. The second kappa shape index (κ2) is 3.62. The van der Waals surface area contributed by atoms with Gasteiger partial charge in [0.05, 0.1) is 5.41 Å². The molecule has 0 aromatic carbocycles. The average molecular weight is 210 g/mol. The molecule has 1 atom stereocenters. The third kappa shape index (κ3) is 1.72. The average Bonchev–Trinajstić information content (AvgIpc) is 2.78. The van der Waals surface area contributed by atoms with Crippen molar-refractivity contribution in [1.29, 1.82) is 0 Å². The van der Waals surface area contributed by atoms with Crippen LogP contribution in [-0.4, -0.2) is 38.9 Å². The highest BCUT2D eigenvalue weighted by molar-refractivity contribution is 5.75. The van der Waals surface area contributed by atoms with Gasteiger partial charge in [0.1, 0.15) is 12.2 Å².